The lowest BCUT2D eigenvalue weighted by Gasteiger charge is -2.47. The molecule has 0 spiro atoms. The molecule has 2 saturated heterocycles. The van der Waals surface area contributed by atoms with Gasteiger partial charge in [-0.3, -0.25) is 14.1 Å². The SMILES string of the molecule is CC(=O)N[C@@H]1[C@@H](O)[C@H](O[C@H]2O[C@H](COP(=O)(O)O)[C@@H](O)[C@H](O)[C@H]2NC(C)=O)[C@@H](CO)O[C@H]1O. The monoisotopic (exact) mass is 504 g/mol. The maximum Gasteiger partial charge on any atom is 0.469 e. The van der Waals surface area contributed by atoms with E-state index in [1.54, 1.807) is 0 Å². The van der Waals surface area contributed by atoms with Crippen LogP contribution in [0.15, 0.2) is 0 Å². The second-order valence-electron chi connectivity index (χ2n) is 7.60. The van der Waals surface area contributed by atoms with Crippen molar-refractivity contribution in [1.82, 2.24) is 10.6 Å². The van der Waals surface area contributed by atoms with Crippen LogP contribution >= 0.6 is 7.82 Å². The first-order valence-corrected chi connectivity index (χ1v) is 11.3. The number of rotatable bonds is 8. The zero-order valence-electron chi connectivity index (χ0n) is 17.6. The molecule has 0 bridgehead atoms. The van der Waals surface area contributed by atoms with Crippen molar-refractivity contribution < 1.29 is 68.2 Å². The van der Waals surface area contributed by atoms with Crippen LogP contribution in [-0.2, 0) is 32.9 Å². The van der Waals surface area contributed by atoms with Gasteiger partial charge in [-0.2, -0.15) is 0 Å². The summed E-state index contributed by atoms with van der Waals surface area (Å²) in [7, 11) is -4.97. The van der Waals surface area contributed by atoms with Crippen LogP contribution in [0.25, 0.3) is 0 Å². The van der Waals surface area contributed by atoms with Gasteiger partial charge >= 0.3 is 7.82 Å². The molecule has 2 aliphatic rings. The first-order valence-electron chi connectivity index (χ1n) is 9.79. The van der Waals surface area contributed by atoms with Crippen molar-refractivity contribution >= 4 is 19.6 Å². The predicted molar refractivity (Wildman–Crippen MR) is 103 cm³/mol. The third-order valence-corrected chi connectivity index (χ3v) is 5.50. The van der Waals surface area contributed by atoms with E-state index in [4.69, 9.17) is 24.0 Å². The summed E-state index contributed by atoms with van der Waals surface area (Å²) in [5, 5.41) is 55.6. The maximum atomic E-state index is 11.6. The summed E-state index contributed by atoms with van der Waals surface area (Å²) in [6.45, 7) is 0.569. The fourth-order valence-electron chi connectivity index (χ4n) is 3.54. The van der Waals surface area contributed by atoms with Crippen LogP contribution in [0.5, 0.6) is 0 Å². The molecular weight excluding hydrogens is 475 g/mol. The van der Waals surface area contributed by atoms with Crippen molar-refractivity contribution in [2.24, 2.45) is 0 Å². The third kappa shape index (κ3) is 7.35. The molecule has 33 heavy (non-hydrogen) atoms. The average Bonchev–Trinajstić information content (AvgIpc) is 2.70. The van der Waals surface area contributed by atoms with Gasteiger partial charge in [0.05, 0.1) is 13.2 Å². The fraction of sp³-hybridized carbons (Fsp3) is 0.875. The second-order valence-corrected chi connectivity index (χ2v) is 8.84. The van der Waals surface area contributed by atoms with Crippen LogP contribution in [-0.4, -0.2) is 122 Å². The Kier molecular flexibility index (Phi) is 9.70. The number of aliphatic hydroxyl groups excluding tert-OH is 5. The number of phosphoric ester groups is 1. The van der Waals surface area contributed by atoms with Crippen LogP contribution < -0.4 is 10.6 Å². The number of hydrogen-bond donors (Lipinski definition) is 9. The lowest BCUT2D eigenvalue weighted by Crippen LogP contribution is -2.69. The van der Waals surface area contributed by atoms with Crippen LogP contribution in [0.4, 0.5) is 0 Å². The minimum Gasteiger partial charge on any atom is -0.394 e. The number of hydrogen-bond acceptors (Lipinski definition) is 12. The quantitative estimate of drug-likeness (QED) is 0.140. The van der Waals surface area contributed by atoms with Gasteiger partial charge in [-0.15, -0.1) is 0 Å². The van der Waals surface area contributed by atoms with Gasteiger partial charge in [0.15, 0.2) is 12.6 Å². The Bertz CT molecular complexity index is 736. The molecule has 192 valence electrons. The van der Waals surface area contributed by atoms with E-state index in [0.29, 0.717) is 0 Å². The summed E-state index contributed by atoms with van der Waals surface area (Å²) in [4.78, 5) is 40.8. The molecule has 2 fully saturated rings. The molecule has 0 aromatic rings. The van der Waals surface area contributed by atoms with Crippen LogP contribution in [0.2, 0.25) is 0 Å². The van der Waals surface area contributed by atoms with Gasteiger partial charge in [-0.25, -0.2) is 4.57 Å². The van der Waals surface area contributed by atoms with Crippen molar-refractivity contribution in [2.45, 2.75) is 75.1 Å². The molecule has 9 N–H and O–H groups in total. The lowest BCUT2D eigenvalue weighted by atomic mass is 9.94. The molecule has 2 rings (SSSR count). The molecule has 16 nitrogen and oxygen atoms in total. The van der Waals surface area contributed by atoms with Crippen molar-refractivity contribution in [3.63, 3.8) is 0 Å². The summed E-state index contributed by atoms with van der Waals surface area (Å²) in [5.41, 5.74) is 0. The summed E-state index contributed by atoms with van der Waals surface area (Å²) >= 11 is 0. The Morgan fingerprint density at radius 1 is 0.909 bits per heavy atom. The number of carbonyl (C=O) groups excluding carboxylic acids is 2. The Labute approximate surface area is 187 Å². The number of phosphoric acid groups is 1. The van der Waals surface area contributed by atoms with Crippen molar-refractivity contribution in [1.29, 1.82) is 0 Å². The van der Waals surface area contributed by atoms with Gasteiger partial charge in [0, 0.05) is 13.8 Å². The first-order chi connectivity index (χ1) is 15.2. The molecule has 2 heterocycles. The average molecular weight is 504 g/mol. The van der Waals surface area contributed by atoms with E-state index < -0.39 is 94.1 Å². The van der Waals surface area contributed by atoms with E-state index in [0.717, 1.165) is 13.8 Å². The molecule has 0 unspecified atom stereocenters. The van der Waals surface area contributed by atoms with E-state index in [1.807, 2.05) is 0 Å². The van der Waals surface area contributed by atoms with Gasteiger partial charge in [0.2, 0.25) is 11.8 Å². The Balaban J connectivity index is 2.29. The zero-order chi connectivity index (χ0) is 25.1. The summed E-state index contributed by atoms with van der Waals surface area (Å²) in [6, 6.07) is -2.83. The van der Waals surface area contributed by atoms with Gasteiger partial charge < -0.3 is 60.2 Å². The summed E-state index contributed by atoms with van der Waals surface area (Å²) in [6.07, 6.45) is -13.0. The number of aliphatic hydroxyl groups is 5. The highest BCUT2D eigenvalue weighted by atomic mass is 31.2. The molecule has 0 aromatic heterocycles. The number of amides is 2. The highest BCUT2D eigenvalue weighted by Crippen LogP contribution is 2.37. The predicted octanol–water partition coefficient (Wildman–Crippen LogP) is -4.99. The van der Waals surface area contributed by atoms with Gasteiger partial charge in [0.1, 0.15) is 48.7 Å². The largest absolute Gasteiger partial charge is 0.469 e. The van der Waals surface area contributed by atoms with E-state index in [2.05, 4.69) is 15.2 Å². The normalized spacial score (nSPS) is 39.7. The van der Waals surface area contributed by atoms with Crippen molar-refractivity contribution in [2.75, 3.05) is 13.2 Å². The van der Waals surface area contributed by atoms with E-state index in [9.17, 15) is 39.7 Å². The lowest BCUT2D eigenvalue weighted by molar-refractivity contribution is -0.327. The highest BCUT2D eigenvalue weighted by Gasteiger charge is 2.51. The smallest absolute Gasteiger partial charge is 0.394 e. The van der Waals surface area contributed by atoms with Crippen LogP contribution in [0, 0.1) is 0 Å². The minimum absolute atomic E-state index is 0.624. The molecule has 0 radical (unpaired) electrons. The molecule has 10 atom stereocenters. The molecule has 0 saturated carbocycles. The Morgan fingerprint density at radius 3 is 2.00 bits per heavy atom. The third-order valence-electron chi connectivity index (χ3n) is 5.01. The van der Waals surface area contributed by atoms with E-state index >= 15 is 0 Å². The van der Waals surface area contributed by atoms with E-state index in [-0.39, 0.29) is 0 Å². The van der Waals surface area contributed by atoms with Gasteiger partial charge in [-0.05, 0) is 0 Å². The number of nitrogens with one attached hydrogen (secondary N) is 2. The van der Waals surface area contributed by atoms with Gasteiger partial charge in [-0.1, -0.05) is 0 Å². The molecule has 2 amide bonds. The van der Waals surface area contributed by atoms with Gasteiger partial charge in [0.25, 0.3) is 0 Å². The fourth-order valence-corrected chi connectivity index (χ4v) is 3.88. The zero-order valence-corrected chi connectivity index (χ0v) is 18.5. The van der Waals surface area contributed by atoms with Crippen molar-refractivity contribution in [3.8, 4) is 0 Å². The Morgan fingerprint density at radius 2 is 1.48 bits per heavy atom. The molecule has 2 aliphatic heterocycles. The summed E-state index contributed by atoms with van der Waals surface area (Å²) < 4.78 is 31.6. The number of carbonyl (C=O) groups is 2. The molecule has 0 aliphatic carbocycles. The standard InChI is InChI=1S/C16H29N2O14P/c1-5(20)17-9-13(24)14(7(3-19)30-15(9)25)32-16-10(18-6(2)21)12(23)11(22)8(31-16)4-29-33(26,27)28/h7-16,19,22-25H,3-4H2,1-2H3,(H,17,20)(H,18,21)(H2,26,27,28)/t7-,8-,9-,10-,11-,12-,13-,14-,15-,16-/m1/s1. The first kappa shape index (κ1) is 28.0. The maximum absolute atomic E-state index is 11.6. The molecule has 17 heteroatoms. The molecular formula is C16H29N2O14P. The summed E-state index contributed by atoms with van der Waals surface area (Å²) in [5.74, 6) is -1.29. The van der Waals surface area contributed by atoms with Crippen molar-refractivity contribution in [3.05, 3.63) is 0 Å². The van der Waals surface area contributed by atoms with Crippen LogP contribution in [0.3, 0.4) is 0 Å². The molecule has 0 aromatic carbocycles. The second kappa shape index (κ2) is 11.4. The van der Waals surface area contributed by atoms with Crippen LogP contribution in [0.1, 0.15) is 13.8 Å². The highest BCUT2D eigenvalue weighted by molar-refractivity contribution is 7.46. The number of ether oxygens (including phenoxy) is 3. The van der Waals surface area contributed by atoms with E-state index in [1.165, 1.54) is 0 Å². The topological polar surface area (TPSA) is 254 Å². The minimum atomic E-state index is -4.97. The Hall–Kier alpha value is -1.27.